The Kier molecular flexibility index (Phi) is 3.97. The summed E-state index contributed by atoms with van der Waals surface area (Å²) in [5.74, 6) is 1.70. The lowest BCUT2D eigenvalue weighted by Crippen LogP contribution is -2.29. The molecule has 1 aromatic heterocycles. The molecule has 1 aliphatic heterocycles. The number of aryl methyl sites for hydroxylation is 1. The van der Waals surface area contributed by atoms with Gasteiger partial charge in [-0.1, -0.05) is 11.2 Å². The fourth-order valence-corrected chi connectivity index (χ4v) is 2.25. The third-order valence-corrected chi connectivity index (χ3v) is 3.19. The van der Waals surface area contributed by atoms with Gasteiger partial charge in [0.05, 0.1) is 12.2 Å². The fraction of sp³-hybridized carbons (Fsp3) is 0.333. The fourth-order valence-electron chi connectivity index (χ4n) is 2.25. The minimum absolute atomic E-state index is 0.153. The van der Waals surface area contributed by atoms with Crippen LogP contribution in [0.4, 0.5) is 5.88 Å². The van der Waals surface area contributed by atoms with Crippen molar-refractivity contribution in [3.05, 3.63) is 35.5 Å². The minimum atomic E-state index is -0.153. The maximum atomic E-state index is 11.9. The van der Waals surface area contributed by atoms with Crippen molar-refractivity contribution in [3.8, 4) is 11.5 Å². The number of nitrogens with zero attached hydrogens (tertiary/aromatic N) is 2. The summed E-state index contributed by atoms with van der Waals surface area (Å²) in [7, 11) is 1.87. The topological polar surface area (TPSA) is 76.8 Å². The zero-order valence-electron chi connectivity index (χ0n) is 12.5. The Morgan fingerprint density at radius 2 is 2.14 bits per heavy atom. The average Bonchev–Trinajstić information content (AvgIpc) is 3.06. The number of hydrogen-bond acceptors (Lipinski definition) is 6. The Bertz CT molecular complexity index is 683. The summed E-state index contributed by atoms with van der Waals surface area (Å²) in [6.45, 7) is 2.92. The zero-order chi connectivity index (χ0) is 15.5. The predicted octanol–water partition coefficient (Wildman–Crippen LogP) is 1.78. The summed E-state index contributed by atoms with van der Waals surface area (Å²) in [4.78, 5) is 13.8. The van der Waals surface area contributed by atoms with Gasteiger partial charge in [-0.15, -0.1) is 0 Å². The molecule has 7 heteroatoms. The van der Waals surface area contributed by atoms with Crippen LogP contribution in [0.1, 0.15) is 11.3 Å². The molecule has 0 atom stereocenters. The predicted molar refractivity (Wildman–Crippen MR) is 78.8 cm³/mol. The van der Waals surface area contributed by atoms with Crippen molar-refractivity contribution in [1.82, 2.24) is 10.1 Å². The molecule has 0 aliphatic carbocycles. The lowest BCUT2D eigenvalue weighted by molar-refractivity contribution is -0.117. The van der Waals surface area contributed by atoms with Gasteiger partial charge in [-0.05, 0) is 31.7 Å². The quantitative estimate of drug-likeness (QED) is 0.907. The van der Waals surface area contributed by atoms with E-state index >= 15 is 0 Å². The van der Waals surface area contributed by atoms with Crippen LogP contribution in [0, 0.1) is 6.92 Å². The summed E-state index contributed by atoms with van der Waals surface area (Å²) in [5, 5.41) is 6.39. The van der Waals surface area contributed by atoms with Gasteiger partial charge < -0.3 is 14.0 Å². The van der Waals surface area contributed by atoms with Crippen molar-refractivity contribution in [2.45, 2.75) is 13.5 Å². The molecule has 2 aromatic rings. The Balaban J connectivity index is 1.53. The number of benzene rings is 1. The maximum absolute atomic E-state index is 11.9. The number of rotatable bonds is 5. The number of likely N-dealkylation sites (N-methyl/N-ethyl adjacent to an activating group) is 1. The van der Waals surface area contributed by atoms with Crippen LogP contribution in [0.15, 0.2) is 28.8 Å². The van der Waals surface area contributed by atoms with Gasteiger partial charge in [0.15, 0.2) is 11.5 Å². The Morgan fingerprint density at radius 3 is 2.91 bits per heavy atom. The van der Waals surface area contributed by atoms with Gasteiger partial charge >= 0.3 is 0 Å². The molecule has 0 fully saturated rings. The lowest BCUT2D eigenvalue weighted by atomic mass is 10.2. The largest absolute Gasteiger partial charge is 0.454 e. The molecular formula is C15H17N3O4. The van der Waals surface area contributed by atoms with E-state index in [1.807, 2.05) is 30.1 Å². The molecule has 1 aromatic carbocycles. The summed E-state index contributed by atoms with van der Waals surface area (Å²) >= 11 is 0. The Labute approximate surface area is 127 Å². The van der Waals surface area contributed by atoms with Crippen LogP contribution in [0.3, 0.4) is 0 Å². The highest BCUT2D eigenvalue weighted by atomic mass is 16.7. The second-order valence-electron chi connectivity index (χ2n) is 5.24. The maximum Gasteiger partial charge on any atom is 0.240 e. The molecular weight excluding hydrogens is 286 g/mol. The van der Waals surface area contributed by atoms with E-state index in [1.54, 1.807) is 13.0 Å². The van der Waals surface area contributed by atoms with Crippen LogP contribution in [-0.2, 0) is 11.3 Å². The van der Waals surface area contributed by atoms with Gasteiger partial charge in [-0.2, -0.15) is 0 Å². The number of ether oxygens (including phenoxy) is 2. The summed E-state index contributed by atoms with van der Waals surface area (Å²) in [6.07, 6.45) is 0. The zero-order valence-corrected chi connectivity index (χ0v) is 12.5. The molecule has 0 saturated carbocycles. The molecule has 116 valence electrons. The monoisotopic (exact) mass is 303 g/mol. The number of carbonyl (C=O) groups excluding carboxylic acids is 1. The first-order valence-corrected chi connectivity index (χ1v) is 6.90. The smallest absolute Gasteiger partial charge is 0.240 e. The molecule has 2 heterocycles. The molecule has 3 rings (SSSR count). The van der Waals surface area contributed by atoms with E-state index in [4.69, 9.17) is 14.0 Å². The van der Waals surface area contributed by atoms with Gasteiger partial charge in [0, 0.05) is 12.6 Å². The highest BCUT2D eigenvalue weighted by Gasteiger charge is 2.15. The second-order valence-corrected chi connectivity index (χ2v) is 5.24. The van der Waals surface area contributed by atoms with Gasteiger partial charge in [0.2, 0.25) is 18.6 Å². The molecule has 22 heavy (non-hydrogen) atoms. The second kappa shape index (κ2) is 6.07. The van der Waals surface area contributed by atoms with Crippen LogP contribution >= 0.6 is 0 Å². The Morgan fingerprint density at radius 1 is 1.32 bits per heavy atom. The van der Waals surface area contributed by atoms with E-state index in [2.05, 4.69) is 10.5 Å². The first kappa shape index (κ1) is 14.4. The molecule has 1 amide bonds. The molecule has 0 bridgehead atoms. The van der Waals surface area contributed by atoms with Crippen molar-refractivity contribution >= 4 is 11.8 Å². The summed E-state index contributed by atoms with van der Waals surface area (Å²) in [6, 6.07) is 7.44. The van der Waals surface area contributed by atoms with Crippen molar-refractivity contribution in [3.63, 3.8) is 0 Å². The molecule has 0 unspecified atom stereocenters. The van der Waals surface area contributed by atoms with E-state index in [0.717, 1.165) is 22.8 Å². The third kappa shape index (κ3) is 3.37. The molecule has 0 saturated heterocycles. The standard InChI is InChI=1S/C15H17N3O4/c1-10-5-15(22-17-10)16-14(19)8-18(2)7-11-3-4-12-13(6-11)21-9-20-12/h3-6H,7-9H2,1-2H3,(H,16,19). The normalized spacial score (nSPS) is 12.7. The number of anilines is 1. The number of carbonyl (C=O) groups is 1. The van der Waals surface area contributed by atoms with E-state index in [-0.39, 0.29) is 19.2 Å². The first-order valence-electron chi connectivity index (χ1n) is 6.90. The SMILES string of the molecule is Cc1cc(NC(=O)CN(C)Cc2ccc3c(c2)OCO3)on1. The summed E-state index contributed by atoms with van der Waals surface area (Å²) < 4.78 is 15.6. The Hall–Kier alpha value is -2.54. The van der Waals surface area contributed by atoms with Gasteiger partial charge in [0.25, 0.3) is 0 Å². The van der Waals surface area contributed by atoms with Crippen molar-refractivity contribution < 1.29 is 18.8 Å². The average molecular weight is 303 g/mol. The van der Waals surface area contributed by atoms with E-state index < -0.39 is 0 Å². The van der Waals surface area contributed by atoms with E-state index in [0.29, 0.717) is 12.4 Å². The molecule has 7 nitrogen and oxygen atoms in total. The molecule has 1 aliphatic rings. The van der Waals surface area contributed by atoms with Crippen molar-refractivity contribution in [1.29, 1.82) is 0 Å². The molecule has 0 radical (unpaired) electrons. The van der Waals surface area contributed by atoms with E-state index in [9.17, 15) is 4.79 Å². The molecule has 0 spiro atoms. The number of amides is 1. The van der Waals surface area contributed by atoms with Crippen molar-refractivity contribution in [2.24, 2.45) is 0 Å². The van der Waals surface area contributed by atoms with Gasteiger partial charge in [0.1, 0.15) is 0 Å². The van der Waals surface area contributed by atoms with Gasteiger partial charge in [-0.3, -0.25) is 15.0 Å². The van der Waals surface area contributed by atoms with Crippen LogP contribution in [0.5, 0.6) is 11.5 Å². The number of hydrogen-bond donors (Lipinski definition) is 1. The van der Waals surface area contributed by atoms with Crippen LogP contribution in [0.2, 0.25) is 0 Å². The summed E-state index contributed by atoms with van der Waals surface area (Å²) in [5.41, 5.74) is 1.78. The van der Waals surface area contributed by atoms with Gasteiger partial charge in [-0.25, -0.2) is 0 Å². The number of aromatic nitrogens is 1. The van der Waals surface area contributed by atoms with Crippen molar-refractivity contribution in [2.75, 3.05) is 25.7 Å². The van der Waals surface area contributed by atoms with Crippen LogP contribution in [-0.4, -0.2) is 36.3 Å². The lowest BCUT2D eigenvalue weighted by Gasteiger charge is -2.15. The minimum Gasteiger partial charge on any atom is -0.454 e. The highest BCUT2D eigenvalue weighted by Crippen LogP contribution is 2.32. The first-order chi connectivity index (χ1) is 10.6. The molecule has 1 N–H and O–H groups in total. The highest BCUT2D eigenvalue weighted by molar-refractivity contribution is 5.90. The number of nitrogens with one attached hydrogen (secondary N) is 1. The van der Waals surface area contributed by atoms with E-state index in [1.165, 1.54) is 0 Å². The number of fused-ring (bicyclic) bond motifs is 1. The van der Waals surface area contributed by atoms with Crippen LogP contribution in [0.25, 0.3) is 0 Å². The third-order valence-electron chi connectivity index (χ3n) is 3.19. The van der Waals surface area contributed by atoms with Crippen LogP contribution < -0.4 is 14.8 Å².